The van der Waals surface area contributed by atoms with Gasteiger partial charge in [0, 0.05) is 18.3 Å². The van der Waals surface area contributed by atoms with E-state index < -0.39 is 15.8 Å². The Hall–Kier alpha value is -1.14. The second-order valence-electron chi connectivity index (χ2n) is 6.17. The van der Waals surface area contributed by atoms with Crippen LogP contribution < -0.4 is 5.73 Å². The summed E-state index contributed by atoms with van der Waals surface area (Å²) in [6, 6.07) is 2.44. The third-order valence-corrected chi connectivity index (χ3v) is 5.76. The van der Waals surface area contributed by atoms with Crippen LogP contribution in [0.1, 0.15) is 38.7 Å². The SMILES string of the molecule is Cc1cc(F)c(S(=O)(=O)N(CCC(C)C)C2CC2)cc1N. The minimum atomic E-state index is -3.83. The number of hydrogen-bond acceptors (Lipinski definition) is 3. The van der Waals surface area contributed by atoms with Crippen LogP contribution in [0.25, 0.3) is 0 Å². The summed E-state index contributed by atoms with van der Waals surface area (Å²) < 4.78 is 41.0. The maximum Gasteiger partial charge on any atom is 0.246 e. The van der Waals surface area contributed by atoms with Gasteiger partial charge >= 0.3 is 0 Å². The van der Waals surface area contributed by atoms with E-state index in [-0.39, 0.29) is 10.9 Å². The molecule has 0 radical (unpaired) electrons. The summed E-state index contributed by atoms with van der Waals surface area (Å²) in [5, 5.41) is 0. The summed E-state index contributed by atoms with van der Waals surface area (Å²) >= 11 is 0. The van der Waals surface area contributed by atoms with Crippen molar-refractivity contribution in [3.8, 4) is 0 Å². The fourth-order valence-corrected chi connectivity index (χ4v) is 4.02. The molecule has 1 aliphatic carbocycles. The first-order valence-electron chi connectivity index (χ1n) is 7.31. The normalized spacial score (nSPS) is 15.9. The lowest BCUT2D eigenvalue weighted by Gasteiger charge is -2.23. The molecule has 0 atom stereocenters. The summed E-state index contributed by atoms with van der Waals surface area (Å²) in [5.74, 6) is -0.328. The quantitative estimate of drug-likeness (QED) is 0.821. The Kier molecular flexibility index (Phi) is 4.58. The third-order valence-electron chi connectivity index (χ3n) is 3.79. The lowest BCUT2D eigenvalue weighted by Crippen LogP contribution is -2.35. The molecule has 118 valence electrons. The second-order valence-corrected chi connectivity index (χ2v) is 8.03. The van der Waals surface area contributed by atoms with Crippen molar-refractivity contribution < 1.29 is 12.8 Å². The average Bonchev–Trinajstić information content (AvgIpc) is 3.17. The van der Waals surface area contributed by atoms with Gasteiger partial charge in [-0.15, -0.1) is 0 Å². The average molecular weight is 314 g/mol. The number of hydrogen-bond donors (Lipinski definition) is 1. The van der Waals surface area contributed by atoms with Crippen LogP contribution in [0, 0.1) is 18.7 Å². The summed E-state index contributed by atoms with van der Waals surface area (Å²) in [6.07, 6.45) is 2.46. The summed E-state index contributed by atoms with van der Waals surface area (Å²) in [4.78, 5) is -0.304. The van der Waals surface area contributed by atoms with Crippen molar-refractivity contribution in [2.45, 2.75) is 51.0 Å². The Bertz CT molecular complexity index is 625. The van der Waals surface area contributed by atoms with E-state index in [1.165, 1.54) is 16.4 Å². The molecule has 0 aromatic heterocycles. The summed E-state index contributed by atoms with van der Waals surface area (Å²) in [5.41, 5.74) is 6.60. The first-order chi connectivity index (χ1) is 9.73. The number of aryl methyl sites for hydroxylation is 1. The number of anilines is 1. The van der Waals surface area contributed by atoms with Crippen molar-refractivity contribution in [3.05, 3.63) is 23.5 Å². The Balaban J connectivity index is 2.36. The van der Waals surface area contributed by atoms with E-state index in [1.807, 2.05) is 13.8 Å². The van der Waals surface area contributed by atoms with E-state index in [4.69, 9.17) is 5.73 Å². The van der Waals surface area contributed by atoms with E-state index in [2.05, 4.69) is 0 Å². The molecule has 1 aromatic carbocycles. The van der Waals surface area contributed by atoms with Gasteiger partial charge < -0.3 is 5.73 Å². The molecule has 1 saturated carbocycles. The van der Waals surface area contributed by atoms with Crippen LogP contribution in [0.3, 0.4) is 0 Å². The van der Waals surface area contributed by atoms with Gasteiger partial charge in [-0.05, 0) is 49.8 Å². The fourth-order valence-electron chi connectivity index (χ4n) is 2.24. The van der Waals surface area contributed by atoms with Gasteiger partial charge in [0.1, 0.15) is 10.7 Å². The van der Waals surface area contributed by atoms with Crippen molar-refractivity contribution in [1.29, 1.82) is 0 Å². The van der Waals surface area contributed by atoms with Gasteiger partial charge in [0.25, 0.3) is 0 Å². The number of nitrogens with two attached hydrogens (primary N) is 1. The predicted molar refractivity (Wildman–Crippen MR) is 81.9 cm³/mol. The van der Waals surface area contributed by atoms with Crippen LogP contribution in [-0.2, 0) is 10.0 Å². The van der Waals surface area contributed by atoms with Gasteiger partial charge in [0.2, 0.25) is 10.0 Å². The Morgan fingerprint density at radius 3 is 2.52 bits per heavy atom. The molecule has 2 rings (SSSR count). The molecule has 1 fully saturated rings. The van der Waals surface area contributed by atoms with Crippen molar-refractivity contribution in [3.63, 3.8) is 0 Å². The van der Waals surface area contributed by atoms with Crippen LogP contribution in [0.4, 0.5) is 10.1 Å². The molecule has 0 aliphatic heterocycles. The first-order valence-corrected chi connectivity index (χ1v) is 8.75. The van der Waals surface area contributed by atoms with Crippen molar-refractivity contribution >= 4 is 15.7 Å². The molecule has 1 aliphatic rings. The van der Waals surface area contributed by atoms with E-state index in [1.54, 1.807) is 6.92 Å². The zero-order chi connectivity index (χ0) is 15.8. The van der Waals surface area contributed by atoms with Crippen LogP contribution in [0.5, 0.6) is 0 Å². The molecule has 1 aromatic rings. The van der Waals surface area contributed by atoms with Gasteiger partial charge in [-0.3, -0.25) is 0 Å². The Morgan fingerprint density at radius 2 is 2.00 bits per heavy atom. The Labute approximate surface area is 126 Å². The standard InChI is InChI=1S/C15H23FN2O2S/c1-10(2)6-7-18(12-4-5-12)21(19,20)15-9-14(17)11(3)8-13(15)16/h8-10,12H,4-7,17H2,1-3H3. The maximum atomic E-state index is 14.1. The summed E-state index contributed by atoms with van der Waals surface area (Å²) in [7, 11) is -3.83. The third kappa shape index (κ3) is 3.55. The number of nitrogen functional groups attached to an aromatic ring is 1. The van der Waals surface area contributed by atoms with Crippen molar-refractivity contribution in [1.82, 2.24) is 4.31 Å². The minimum Gasteiger partial charge on any atom is -0.398 e. The van der Waals surface area contributed by atoms with Gasteiger partial charge in [-0.2, -0.15) is 4.31 Å². The Morgan fingerprint density at radius 1 is 1.38 bits per heavy atom. The van der Waals surface area contributed by atoms with E-state index in [9.17, 15) is 12.8 Å². The highest BCUT2D eigenvalue weighted by molar-refractivity contribution is 7.89. The highest BCUT2D eigenvalue weighted by Gasteiger charge is 2.39. The number of rotatable bonds is 6. The lowest BCUT2D eigenvalue weighted by molar-refractivity contribution is 0.371. The van der Waals surface area contributed by atoms with Gasteiger partial charge in [0.05, 0.1) is 0 Å². The van der Waals surface area contributed by atoms with Crippen molar-refractivity contribution in [2.75, 3.05) is 12.3 Å². The molecule has 0 saturated heterocycles. The van der Waals surface area contributed by atoms with Gasteiger partial charge in [-0.1, -0.05) is 13.8 Å². The molecular weight excluding hydrogens is 291 g/mol. The van der Waals surface area contributed by atoms with E-state index in [0.717, 1.165) is 19.3 Å². The zero-order valence-corrected chi connectivity index (χ0v) is 13.6. The predicted octanol–water partition coefficient (Wildman–Crippen LogP) is 2.92. The van der Waals surface area contributed by atoms with Crippen LogP contribution in [0.2, 0.25) is 0 Å². The second kappa shape index (κ2) is 5.93. The van der Waals surface area contributed by atoms with Gasteiger partial charge in [0.15, 0.2) is 0 Å². The lowest BCUT2D eigenvalue weighted by atomic mass is 10.1. The molecule has 21 heavy (non-hydrogen) atoms. The van der Waals surface area contributed by atoms with Crippen LogP contribution in [0.15, 0.2) is 17.0 Å². The molecule has 2 N–H and O–H groups in total. The van der Waals surface area contributed by atoms with Crippen LogP contribution >= 0.6 is 0 Å². The number of halogens is 1. The number of benzene rings is 1. The molecule has 0 amide bonds. The zero-order valence-electron chi connectivity index (χ0n) is 12.8. The maximum absolute atomic E-state index is 14.1. The smallest absolute Gasteiger partial charge is 0.246 e. The fraction of sp³-hybridized carbons (Fsp3) is 0.600. The molecule has 0 heterocycles. The topological polar surface area (TPSA) is 63.4 Å². The van der Waals surface area contributed by atoms with Crippen molar-refractivity contribution in [2.24, 2.45) is 5.92 Å². The van der Waals surface area contributed by atoms with E-state index >= 15 is 0 Å². The molecule has 6 heteroatoms. The number of nitrogens with zero attached hydrogens (tertiary/aromatic N) is 1. The number of sulfonamides is 1. The minimum absolute atomic E-state index is 0.00989. The van der Waals surface area contributed by atoms with E-state index in [0.29, 0.717) is 23.7 Å². The largest absolute Gasteiger partial charge is 0.398 e. The monoisotopic (exact) mass is 314 g/mol. The first kappa shape index (κ1) is 16.2. The summed E-state index contributed by atoms with van der Waals surface area (Å²) in [6.45, 7) is 6.18. The molecule has 0 unspecified atom stereocenters. The van der Waals surface area contributed by atoms with Crippen LogP contribution in [-0.4, -0.2) is 25.3 Å². The molecule has 0 bridgehead atoms. The highest BCUT2D eigenvalue weighted by atomic mass is 32.2. The molecular formula is C15H23FN2O2S. The molecule has 0 spiro atoms. The molecule has 4 nitrogen and oxygen atoms in total. The highest BCUT2D eigenvalue weighted by Crippen LogP contribution is 2.34. The van der Waals surface area contributed by atoms with Gasteiger partial charge in [-0.25, -0.2) is 12.8 Å².